The second-order valence-electron chi connectivity index (χ2n) is 6.69. The largest absolute Gasteiger partial charge is 0.483 e. The van der Waals surface area contributed by atoms with Crippen molar-refractivity contribution in [2.45, 2.75) is 26.4 Å². The summed E-state index contributed by atoms with van der Waals surface area (Å²) in [6.07, 6.45) is 5.76. The molecule has 1 unspecified atom stereocenters. The molecule has 1 atom stereocenters. The van der Waals surface area contributed by atoms with Gasteiger partial charge in [-0.3, -0.25) is 4.79 Å². The van der Waals surface area contributed by atoms with Gasteiger partial charge < -0.3 is 18.9 Å². The third-order valence-corrected chi connectivity index (χ3v) is 4.59. The van der Waals surface area contributed by atoms with Gasteiger partial charge >= 0.3 is 5.97 Å². The Kier molecular flexibility index (Phi) is 4.32. The minimum Gasteiger partial charge on any atom is -0.483 e. The highest BCUT2D eigenvalue weighted by Crippen LogP contribution is 2.34. The Bertz CT molecular complexity index is 1150. The number of hydrogen-bond donors (Lipinski definition) is 1. The molecule has 0 saturated carbocycles. The molecule has 0 amide bonds. The number of nitrogens with one attached hydrogen (secondary N) is 1. The van der Waals surface area contributed by atoms with Gasteiger partial charge in [0.15, 0.2) is 11.3 Å². The van der Waals surface area contributed by atoms with Crippen molar-refractivity contribution in [2.75, 3.05) is 6.61 Å². The van der Waals surface area contributed by atoms with Gasteiger partial charge in [-0.25, -0.2) is 4.79 Å². The van der Waals surface area contributed by atoms with E-state index in [4.69, 9.17) is 13.9 Å². The Hall–Kier alpha value is -3.28. The van der Waals surface area contributed by atoms with Crippen molar-refractivity contribution in [3.8, 4) is 5.75 Å². The van der Waals surface area contributed by atoms with Crippen LogP contribution >= 0.6 is 0 Å². The van der Waals surface area contributed by atoms with Gasteiger partial charge in [-0.05, 0) is 44.2 Å². The lowest BCUT2D eigenvalue weighted by molar-refractivity contribution is -0.139. The maximum Gasteiger partial charge on any atom is 0.334 e. The molecule has 4 rings (SSSR count). The van der Waals surface area contributed by atoms with Crippen molar-refractivity contribution < 1.29 is 18.7 Å². The van der Waals surface area contributed by atoms with Crippen molar-refractivity contribution >= 4 is 27.8 Å². The molecule has 0 radical (unpaired) electrons. The van der Waals surface area contributed by atoms with Crippen molar-refractivity contribution in [1.29, 1.82) is 0 Å². The summed E-state index contributed by atoms with van der Waals surface area (Å²) in [4.78, 5) is 26.0. The van der Waals surface area contributed by atoms with E-state index in [1.165, 1.54) is 6.07 Å². The predicted molar refractivity (Wildman–Crippen MR) is 102 cm³/mol. The molecule has 2 aromatic heterocycles. The van der Waals surface area contributed by atoms with Gasteiger partial charge in [0.05, 0.1) is 11.8 Å². The maximum atomic E-state index is 11.7. The molecular weight excluding hydrogens is 346 g/mol. The normalized spacial score (nSPS) is 17.4. The maximum absolute atomic E-state index is 11.7. The van der Waals surface area contributed by atoms with Crippen LogP contribution in [0.5, 0.6) is 5.75 Å². The highest BCUT2D eigenvalue weighted by Gasteiger charge is 2.22. The fourth-order valence-corrected chi connectivity index (χ4v) is 3.21. The zero-order chi connectivity index (χ0) is 19.0. The SMILES string of the molecule is CC1=CC(C/C(C)=C/COc2c3[nH]c(=O)ccc3cc3ccoc23)OC1=O. The van der Waals surface area contributed by atoms with Crippen LogP contribution in [-0.2, 0) is 9.53 Å². The highest BCUT2D eigenvalue weighted by atomic mass is 16.5. The minimum absolute atomic E-state index is 0.199. The van der Waals surface area contributed by atoms with Gasteiger partial charge in [0.2, 0.25) is 5.56 Å². The van der Waals surface area contributed by atoms with Gasteiger partial charge in [0.25, 0.3) is 0 Å². The molecule has 0 aliphatic carbocycles. The number of benzene rings is 1. The first-order valence-electron chi connectivity index (χ1n) is 8.72. The predicted octanol–water partition coefficient (Wildman–Crippen LogP) is 3.86. The van der Waals surface area contributed by atoms with Crippen molar-refractivity contribution in [3.05, 3.63) is 64.2 Å². The lowest BCUT2D eigenvalue weighted by Gasteiger charge is -2.10. The van der Waals surface area contributed by atoms with Crippen LogP contribution in [0.15, 0.2) is 63.0 Å². The molecule has 27 heavy (non-hydrogen) atoms. The Morgan fingerprint density at radius 3 is 2.89 bits per heavy atom. The smallest absolute Gasteiger partial charge is 0.334 e. The van der Waals surface area contributed by atoms with E-state index in [-0.39, 0.29) is 17.6 Å². The van der Waals surface area contributed by atoms with Crippen LogP contribution in [0.2, 0.25) is 0 Å². The van der Waals surface area contributed by atoms with Crippen molar-refractivity contribution in [1.82, 2.24) is 4.98 Å². The summed E-state index contributed by atoms with van der Waals surface area (Å²) < 4.78 is 16.8. The number of pyridine rings is 1. The Labute approximate surface area is 155 Å². The summed E-state index contributed by atoms with van der Waals surface area (Å²) in [5.41, 5.74) is 2.69. The van der Waals surface area contributed by atoms with E-state index in [0.29, 0.717) is 35.5 Å². The molecule has 6 nitrogen and oxygen atoms in total. The van der Waals surface area contributed by atoms with Crippen LogP contribution in [0.1, 0.15) is 20.3 Å². The first-order valence-corrected chi connectivity index (χ1v) is 8.72. The number of aromatic amines is 1. The number of hydrogen-bond acceptors (Lipinski definition) is 5. The summed E-state index contributed by atoms with van der Waals surface area (Å²) >= 11 is 0. The molecule has 1 N–H and O–H groups in total. The lowest BCUT2D eigenvalue weighted by Crippen LogP contribution is -2.09. The fraction of sp³-hybridized carbons (Fsp3) is 0.238. The van der Waals surface area contributed by atoms with E-state index < -0.39 is 0 Å². The number of cyclic esters (lactones) is 1. The number of esters is 1. The Morgan fingerprint density at radius 1 is 1.26 bits per heavy atom. The number of furan rings is 1. The van der Waals surface area contributed by atoms with E-state index in [1.54, 1.807) is 19.3 Å². The van der Waals surface area contributed by atoms with Crippen LogP contribution in [0.3, 0.4) is 0 Å². The Balaban J connectivity index is 1.56. The molecule has 0 spiro atoms. The highest BCUT2D eigenvalue weighted by molar-refractivity contribution is 6.00. The number of rotatable bonds is 5. The summed E-state index contributed by atoms with van der Waals surface area (Å²) in [5, 5.41) is 1.78. The summed E-state index contributed by atoms with van der Waals surface area (Å²) in [6, 6.07) is 7.05. The molecule has 0 bridgehead atoms. The van der Waals surface area contributed by atoms with Gasteiger partial charge in [-0.1, -0.05) is 5.57 Å². The zero-order valence-electron chi connectivity index (χ0n) is 15.1. The van der Waals surface area contributed by atoms with Crippen LogP contribution in [-0.4, -0.2) is 23.7 Å². The molecule has 1 aliphatic heterocycles. The first-order chi connectivity index (χ1) is 13.0. The Morgan fingerprint density at radius 2 is 2.11 bits per heavy atom. The van der Waals surface area contributed by atoms with Crippen LogP contribution in [0.4, 0.5) is 0 Å². The fourth-order valence-electron chi connectivity index (χ4n) is 3.21. The van der Waals surface area contributed by atoms with Gasteiger partial charge in [0.1, 0.15) is 12.7 Å². The molecule has 138 valence electrons. The van der Waals surface area contributed by atoms with Crippen LogP contribution in [0.25, 0.3) is 21.9 Å². The van der Waals surface area contributed by atoms with Gasteiger partial charge in [-0.2, -0.15) is 0 Å². The van der Waals surface area contributed by atoms with Crippen molar-refractivity contribution in [2.24, 2.45) is 0 Å². The van der Waals surface area contributed by atoms with E-state index in [0.717, 1.165) is 16.3 Å². The van der Waals surface area contributed by atoms with E-state index in [2.05, 4.69) is 4.98 Å². The monoisotopic (exact) mass is 365 g/mol. The van der Waals surface area contributed by atoms with Crippen LogP contribution < -0.4 is 10.3 Å². The molecule has 6 heteroatoms. The second-order valence-corrected chi connectivity index (χ2v) is 6.69. The summed E-state index contributed by atoms with van der Waals surface area (Å²) in [5.74, 6) is 0.251. The van der Waals surface area contributed by atoms with E-state index in [9.17, 15) is 9.59 Å². The number of carbonyl (C=O) groups excluding carboxylic acids is 1. The topological polar surface area (TPSA) is 81.5 Å². The second kappa shape index (κ2) is 6.79. The van der Waals surface area contributed by atoms with Crippen LogP contribution in [0, 0.1) is 0 Å². The number of aromatic nitrogens is 1. The molecule has 3 aromatic rings. The summed E-state index contributed by atoms with van der Waals surface area (Å²) in [7, 11) is 0. The van der Waals surface area contributed by atoms with Crippen molar-refractivity contribution in [3.63, 3.8) is 0 Å². The lowest BCUT2D eigenvalue weighted by atomic mass is 10.1. The molecule has 1 aromatic carbocycles. The number of carbonyl (C=O) groups is 1. The number of ether oxygens (including phenoxy) is 2. The first kappa shape index (κ1) is 17.1. The third kappa shape index (κ3) is 3.38. The summed E-state index contributed by atoms with van der Waals surface area (Å²) in [6.45, 7) is 4.02. The molecule has 1 aliphatic rings. The molecule has 0 fully saturated rings. The van der Waals surface area contributed by atoms with Gasteiger partial charge in [0, 0.05) is 28.8 Å². The van der Waals surface area contributed by atoms with E-state index in [1.807, 2.05) is 31.2 Å². The average molecular weight is 365 g/mol. The third-order valence-electron chi connectivity index (χ3n) is 4.59. The number of H-pyrrole nitrogens is 1. The molecule has 0 saturated heterocycles. The average Bonchev–Trinajstić information content (AvgIpc) is 3.21. The zero-order valence-corrected chi connectivity index (χ0v) is 15.1. The molecular formula is C21H19NO5. The van der Waals surface area contributed by atoms with E-state index >= 15 is 0 Å². The number of fused-ring (bicyclic) bond motifs is 2. The quantitative estimate of drug-likeness (QED) is 0.548. The van der Waals surface area contributed by atoms with Gasteiger partial charge in [-0.15, -0.1) is 0 Å². The minimum atomic E-state index is -0.260. The standard InChI is InChI=1S/C21H19NO5/c1-12(9-16-10-13(2)21(24)27-16)5-7-26-20-18-14(3-4-17(23)22-18)11-15-6-8-25-19(15)20/h3-6,8,10-11,16H,7,9H2,1-2H3,(H,22,23)/b12-5+. The molecule has 3 heterocycles.